The Morgan fingerprint density at radius 2 is 2.00 bits per heavy atom. The fourth-order valence-corrected chi connectivity index (χ4v) is 7.45. The lowest BCUT2D eigenvalue weighted by atomic mass is 9.48. The highest BCUT2D eigenvalue weighted by atomic mass is 16.8. The summed E-state index contributed by atoms with van der Waals surface area (Å²) in [6, 6.07) is 0. The van der Waals surface area contributed by atoms with Gasteiger partial charge in [-0.1, -0.05) is 33.3 Å². The van der Waals surface area contributed by atoms with E-state index in [4.69, 9.17) is 9.47 Å². The molecule has 138 valence electrons. The molecule has 1 saturated heterocycles. The van der Waals surface area contributed by atoms with Crippen LogP contribution in [0.5, 0.6) is 0 Å². The van der Waals surface area contributed by atoms with Gasteiger partial charge in [0.2, 0.25) is 6.29 Å². The van der Waals surface area contributed by atoms with Crippen LogP contribution in [0.4, 0.5) is 0 Å². The van der Waals surface area contributed by atoms with Crippen molar-refractivity contribution < 1.29 is 9.47 Å². The molecule has 2 saturated carbocycles. The van der Waals surface area contributed by atoms with E-state index >= 15 is 0 Å². The maximum atomic E-state index is 5.94. The Labute approximate surface area is 153 Å². The van der Waals surface area contributed by atoms with Crippen molar-refractivity contribution in [2.45, 2.75) is 78.4 Å². The molecule has 4 aliphatic carbocycles. The summed E-state index contributed by atoms with van der Waals surface area (Å²) in [5.41, 5.74) is 2.58. The van der Waals surface area contributed by atoms with Crippen molar-refractivity contribution in [2.24, 2.45) is 34.5 Å². The molecule has 7 atom stereocenters. The Kier molecular flexibility index (Phi) is 3.69. The molecule has 25 heavy (non-hydrogen) atoms. The standard InChI is InChI=1S/C23H34O2/c1-4-15-6-8-19-18-7-5-16-13-17(25-21-14-24-21)9-11-23(16,3)20(18)10-12-22(15,19)2/h5,13,15,18-21H,4,6-12,14H2,1-3H3/t15-,18+,19+,20+,21?,22-,23+/m1/s1. The van der Waals surface area contributed by atoms with Gasteiger partial charge in [0.05, 0.1) is 5.76 Å². The second-order valence-corrected chi connectivity index (χ2v) is 9.91. The van der Waals surface area contributed by atoms with Gasteiger partial charge < -0.3 is 9.47 Å². The zero-order valence-corrected chi connectivity index (χ0v) is 16.2. The van der Waals surface area contributed by atoms with Gasteiger partial charge >= 0.3 is 0 Å². The van der Waals surface area contributed by atoms with Gasteiger partial charge in [-0.3, -0.25) is 0 Å². The number of rotatable bonds is 3. The minimum Gasteiger partial charge on any atom is -0.467 e. The maximum absolute atomic E-state index is 5.94. The maximum Gasteiger partial charge on any atom is 0.223 e. The lowest BCUT2D eigenvalue weighted by Crippen LogP contribution is -2.49. The number of epoxide rings is 1. The molecule has 0 aromatic carbocycles. The van der Waals surface area contributed by atoms with Crippen LogP contribution in [0.15, 0.2) is 23.5 Å². The second-order valence-electron chi connectivity index (χ2n) is 9.91. The molecule has 1 aliphatic heterocycles. The first-order valence-corrected chi connectivity index (χ1v) is 10.7. The first-order chi connectivity index (χ1) is 12.0. The predicted octanol–water partition coefficient (Wildman–Crippen LogP) is 5.84. The molecular weight excluding hydrogens is 308 g/mol. The molecular formula is C23H34O2. The normalized spacial score (nSPS) is 50.9. The highest BCUT2D eigenvalue weighted by Gasteiger charge is 2.57. The average molecular weight is 343 g/mol. The Hall–Kier alpha value is -0.760. The minimum absolute atomic E-state index is 0.0485. The van der Waals surface area contributed by atoms with Gasteiger partial charge in [0.1, 0.15) is 6.61 Å². The molecule has 2 nitrogen and oxygen atoms in total. The van der Waals surface area contributed by atoms with Crippen molar-refractivity contribution in [1.82, 2.24) is 0 Å². The lowest BCUT2D eigenvalue weighted by molar-refractivity contribution is -0.0387. The summed E-state index contributed by atoms with van der Waals surface area (Å²) < 4.78 is 11.2. The van der Waals surface area contributed by atoms with Crippen LogP contribution in [0.25, 0.3) is 0 Å². The predicted molar refractivity (Wildman–Crippen MR) is 99.8 cm³/mol. The van der Waals surface area contributed by atoms with Gasteiger partial charge in [-0.05, 0) is 84.7 Å². The summed E-state index contributed by atoms with van der Waals surface area (Å²) in [5, 5.41) is 0. The number of ether oxygens (including phenoxy) is 2. The molecule has 0 aromatic heterocycles. The molecule has 1 heterocycles. The molecule has 1 unspecified atom stereocenters. The van der Waals surface area contributed by atoms with E-state index in [1.807, 2.05) is 0 Å². The van der Waals surface area contributed by atoms with Crippen molar-refractivity contribution in [3.05, 3.63) is 23.5 Å². The monoisotopic (exact) mass is 342 g/mol. The molecule has 0 radical (unpaired) electrons. The van der Waals surface area contributed by atoms with Gasteiger partial charge in [-0.15, -0.1) is 0 Å². The van der Waals surface area contributed by atoms with Crippen LogP contribution in [0.1, 0.15) is 72.1 Å². The quantitative estimate of drug-likeness (QED) is 0.601. The van der Waals surface area contributed by atoms with E-state index in [0.717, 1.165) is 42.5 Å². The molecule has 2 heteroatoms. The summed E-state index contributed by atoms with van der Waals surface area (Å²) in [6.45, 7) is 8.39. The molecule has 5 rings (SSSR count). The van der Waals surface area contributed by atoms with Crippen molar-refractivity contribution >= 4 is 0 Å². The van der Waals surface area contributed by atoms with Gasteiger partial charge in [-0.2, -0.15) is 0 Å². The van der Waals surface area contributed by atoms with Crippen LogP contribution in [0.3, 0.4) is 0 Å². The molecule has 0 aromatic rings. The van der Waals surface area contributed by atoms with Gasteiger partial charge in [0, 0.05) is 6.42 Å². The Bertz CT molecular complexity index is 616. The van der Waals surface area contributed by atoms with E-state index in [1.165, 1.54) is 44.9 Å². The van der Waals surface area contributed by atoms with Crippen LogP contribution in [-0.2, 0) is 9.47 Å². The van der Waals surface area contributed by atoms with E-state index in [9.17, 15) is 0 Å². The number of hydrogen-bond donors (Lipinski definition) is 0. The van der Waals surface area contributed by atoms with E-state index in [0.29, 0.717) is 10.8 Å². The molecule has 0 spiro atoms. The average Bonchev–Trinajstić information content (AvgIpc) is 3.34. The van der Waals surface area contributed by atoms with Crippen molar-refractivity contribution in [3.8, 4) is 0 Å². The number of hydrogen-bond acceptors (Lipinski definition) is 2. The fourth-order valence-electron chi connectivity index (χ4n) is 7.45. The Morgan fingerprint density at radius 1 is 1.16 bits per heavy atom. The third kappa shape index (κ3) is 2.39. The van der Waals surface area contributed by atoms with Crippen LogP contribution >= 0.6 is 0 Å². The lowest BCUT2D eigenvalue weighted by Gasteiger charge is -2.57. The van der Waals surface area contributed by atoms with Gasteiger partial charge in [0.15, 0.2) is 0 Å². The Balaban J connectivity index is 1.43. The van der Waals surface area contributed by atoms with Crippen LogP contribution in [0, 0.1) is 34.5 Å². The van der Waals surface area contributed by atoms with E-state index in [2.05, 4.69) is 32.9 Å². The van der Waals surface area contributed by atoms with Crippen LogP contribution in [-0.4, -0.2) is 12.9 Å². The van der Waals surface area contributed by atoms with Crippen molar-refractivity contribution in [2.75, 3.05) is 6.61 Å². The van der Waals surface area contributed by atoms with Crippen LogP contribution < -0.4 is 0 Å². The summed E-state index contributed by atoms with van der Waals surface area (Å²) >= 11 is 0. The highest BCUT2D eigenvalue weighted by Crippen LogP contribution is 2.66. The highest BCUT2D eigenvalue weighted by molar-refractivity contribution is 5.36. The van der Waals surface area contributed by atoms with Crippen molar-refractivity contribution in [1.29, 1.82) is 0 Å². The van der Waals surface area contributed by atoms with Crippen molar-refractivity contribution in [3.63, 3.8) is 0 Å². The van der Waals surface area contributed by atoms with Gasteiger partial charge in [0.25, 0.3) is 0 Å². The summed E-state index contributed by atoms with van der Waals surface area (Å²) in [5.74, 6) is 4.91. The topological polar surface area (TPSA) is 21.8 Å². The van der Waals surface area contributed by atoms with E-state index in [1.54, 1.807) is 5.57 Å². The Morgan fingerprint density at radius 3 is 2.76 bits per heavy atom. The van der Waals surface area contributed by atoms with Crippen LogP contribution in [0.2, 0.25) is 0 Å². The zero-order valence-electron chi connectivity index (χ0n) is 16.2. The third-order valence-corrected chi connectivity index (χ3v) is 9.01. The first kappa shape index (κ1) is 16.4. The molecule has 0 N–H and O–H groups in total. The van der Waals surface area contributed by atoms with E-state index < -0.39 is 0 Å². The third-order valence-electron chi connectivity index (χ3n) is 9.01. The molecule has 5 aliphatic rings. The smallest absolute Gasteiger partial charge is 0.223 e. The number of fused-ring (bicyclic) bond motifs is 5. The van der Waals surface area contributed by atoms with Gasteiger partial charge in [-0.25, -0.2) is 0 Å². The number of allylic oxidation sites excluding steroid dienone is 4. The molecule has 3 fully saturated rings. The summed E-state index contributed by atoms with van der Waals surface area (Å²) in [7, 11) is 0. The zero-order chi connectivity index (χ0) is 17.2. The van der Waals surface area contributed by atoms with E-state index in [-0.39, 0.29) is 6.29 Å². The minimum atomic E-state index is 0.0485. The SMILES string of the molecule is CC[C@@H]1CC[C@H]2[C@@H]3CC=C4C=C(OC5CO5)CC[C@]4(C)[C@H]3CC[C@]12C. The molecule has 0 bridgehead atoms. The summed E-state index contributed by atoms with van der Waals surface area (Å²) in [6.07, 6.45) is 15.9. The first-order valence-electron chi connectivity index (χ1n) is 10.7. The second kappa shape index (κ2) is 5.62. The molecule has 0 amide bonds. The largest absolute Gasteiger partial charge is 0.467 e. The summed E-state index contributed by atoms with van der Waals surface area (Å²) in [4.78, 5) is 0. The fraction of sp³-hybridized carbons (Fsp3) is 0.826.